The molecule has 1 aliphatic rings. The number of nitrogens with one attached hydrogen (secondary N) is 2. The summed E-state index contributed by atoms with van der Waals surface area (Å²) in [6, 6.07) is 5.87. The minimum Gasteiger partial charge on any atom is -0.357 e. The van der Waals surface area contributed by atoms with Crippen molar-refractivity contribution in [3.05, 3.63) is 30.1 Å². The van der Waals surface area contributed by atoms with E-state index in [1.54, 1.807) is 13.1 Å². The number of pyridine rings is 1. The lowest BCUT2D eigenvalue weighted by Crippen LogP contribution is -2.40. The Morgan fingerprint density at radius 3 is 2.75 bits per heavy atom. The number of rotatable bonds is 6. The van der Waals surface area contributed by atoms with Gasteiger partial charge in [-0.2, -0.15) is 0 Å². The highest BCUT2D eigenvalue weighted by Gasteiger charge is 2.20. The fourth-order valence-electron chi connectivity index (χ4n) is 2.92. The monoisotopic (exact) mass is 331 g/mol. The van der Waals surface area contributed by atoms with Crippen LogP contribution in [0.3, 0.4) is 0 Å². The lowest BCUT2D eigenvalue weighted by Gasteiger charge is -2.31. The van der Waals surface area contributed by atoms with Gasteiger partial charge in [-0.3, -0.25) is 9.78 Å². The molecule has 0 spiro atoms. The van der Waals surface area contributed by atoms with Gasteiger partial charge in [0.2, 0.25) is 5.91 Å². The third-order valence-electron chi connectivity index (χ3n) is 4.37. The van der Waals surface area contributed by atoms with Crippen LogP contribution >= 0.6 is 0 Å². The first-order chi connectivity index (χ1) is 11.7. The van der Waals surface area contributed by atoms with Crippen LogP contribution in [0, 0.1) is 5.92 Å². The van der Waals surface area contributed by atoms with Crippen LogP contribution in [-0.4, -0.2) is 47.9 Å². The molecule has 2 N–H and O–H groups in total. The number of carbonyl (C=O) groups excluding carboxylic acids is 1. The Labute approximate surface area is 144 Å². The molecule has 1 aromatic heterocycles. The summed E-state index contributed by atoms with van der Waals surface area (Å²) in [7, 11) is 0. The van der Waals surface area contributed by atoms with E-state index in [-0.39, 0.29) is 5.91 Å². The van der Waals surface area contributed by atoms with Crippen molar-refractivity contribution < 1.29 is 4.79 Å². The van der Waals surface area contributed by atoms with Crippen LogP contribution in [0.4, 0.5) is 0 Å². The predicted molar refractivity (Wildman–Crippen MR) is 96.7 cm³/mol. The lowest BCUT2D eigenvalue weighted by atomic mass is 9.93. The maximum atomic E-state index is 11.4. The van der Waals surface area contributed by atoms with E-state index < -0.39 is 0 Å². The van der Waals surface area contributed by atoms with Gasteiger partial charge in [-0.1, -0.05) is 6.07 Å². The van der Waals surface area contributed by atoms with Gasteiger partial charge in [-0.05, 0) is 44.2 Å². The summed E-state index contributed by atoms with van der Waals surface area (Å²) >= 11 is 0. The number of piperidine rings is 1. The van der Waals surface area contributed by atoms with Gasteiger partial charge in [0.15, 0.2) is 5.96 Å². The molecule has 0 aromatic carbocycles. The number of amides is 1. The van der Waals surface area contributed by atoms with Gasteiger partial charge in [-0.15, -0.1) is 0 Å². The van der Waals surface area contributed by atoms with Crippen LogP contribution < -0.4 is 10.6 Å². The summed E-state index contributed by atoms with van der Waals surface area (Å²) in [5.74, 6) is 1.72. The van der Waals surface area contributed by atoms with Gasteiger partial charge in [0, 0.05) is 39.3 Å². The lowest BCUT2D eigenvalue weighted by molar-refractivity contribution is -0.130. The molecule has 0 bridgehead atoms. The molecule has 0 atom stereocenters. The maximum Gasteiger partial charge on any atom is 0.219 e. The molecular formula is C18H29N5O. The van der Waals surface area contributed by atoms with E-state index in [0.717, 1.165) is 57.1 Å². The van der Waals surface area contributed by atoms with Gasteiger partial charge >= 0.3 is 0 Å². The number of nitrogens with zero attached hydrogens (tertiary/aromatic N) is 3. The Kier molecular flexibility index (Phi) is 7.52. The normalized spacial score (nSPS) is 16.1. The van der Waals surface area contributed by atoms with Gasteiger partial charge in [0.05, 0.1) is 12.2 Å². The van der Waals surface area contributed by atoms with Gasteiger partial charge in [0.1, 0.15) is 0 Å². The Morgan fingerprint density at radius 1 is 1.33 bits per heavy atom. The summed E-state index contributed by atoms with van der Waals surface area (Å²) in [5, 5.41) is 6.67. The zero-order chi connectivity index (χ0) is 17.2. The maximum absolute atomic E-state index is 11.4. The highest BCUT2D eigenvalue weighted by Crippen LogP contribution is 2.19. The van der Waals surface area contributed by atoms with Crippen molar-refractivity contribution in [2.75, 3.05) is 26.2 Å². The van der Waals surface area contributed by atoms with E-state index in [2.05, 4.69) is 27.5 Å². The molecule has 24 heavy (non-hydrogen) atoms. The molecule has 2 heterocycles. The topological polar surface area (TPSA) is 69.6 Å². The third-order valence-corrected chi connectivity index (χ3v) is 4.37. The Bertz CT molecular complexity index is 523. The van der Waals surface area contributed by atoms with Crippen molar-refractivity contribution in [1.82, 2.24) is 20.5 Å². The van der Waals surface area contributed by atoms with E-state index in [1.807, 2.05) is 23.1 Å². The molecular weight excluding hydrogens is 302 g/mol. The fourth-order valence-corrected chi connectivity index (χ4v) is 2.92. The summed E-state index contributed by atoms with van der Waals surface area (Å²) in [6.07, 6.45) is 5.10. The van der Waals surface area contributed by atoms with Gasteiger partial charge in [-0.25, -0.2) is 4.99 Å². The standard InChI is InChI=1S/C18H29N5O/c1-3-19-18(22-14-17-6-4-5-10-20-17)21-11-7-16-8-12-23(13-9-16)15(2)24/h4-6,10,16H,3,7-9,11-14H2,1-2H3,(H2,19,21,22). The number of aromatic nitrogens is 1. The van der Waals surface area contributed by atoms with E-state index in [0.29, 0.717) is 12.5 Å². The van der Waals surface area contributed by atoms with Gasteiger partial charge < -0.3 is 15.5 Å². The highest BCUT2D eigenvalue weighted by atomic mass is 16.2. The summed E-state index contributed by atoms with van der Waals surface area (Å²) in [4.78, 5) is 22.2. The molecule has 1 amide bonds. The van der Waals surface area contributed by atoms with Crippen molar-refractivity contribution in [2.24, 2.45) is 10.9 Å². The average Bonchev–Trinajstić information content (AvgIpc) is 2.61. The number of likely N-dealkylation sites (tertiary alicyclic amines) is 1. The minimum atomic E-state index is 0.197. The predicted octanol–water partition coefficient (Wildman–Crippen LogP) is 1.79. The molecule has 0 radical (unpaired) electrons. The second kappa shape index (κ2) is 9.90. The molecule has 0 aliphatic carbocycles. The van der Waals surface area contributed by atoms with Crippen LogP contribution in [-0.2, 0) is 11.3 Å². The molecule has 6 nitrogen and oxygen atoms in total. The van der Waals surface area contributed by atoms with E-state index in [9.17, 15) is 4.79 Å². The zero-order valence-electron chi connectivity index (χ0n) is 14.8. The Hall–Kier alpha value is -2.11. The first-order valence-electron chi connectivity index (χ1n) is 8.86. The molecule has 0 unspecified atom stereocenters. The van der Waals surface area contributed by atoms with Crippen molar-refractivity contribution >= 4 is 11.9 Å². The quantitative estimate of drug-likeness (QED) is 0.616. The van der Waals surface area contributed by atoms with Crippen LogP contribution in [0.5, 0.6) is 0 Å². The van der Waals surface area contributed by atoms with E-state index in [4.69, 9.17) is 0 Å². The smallest absolute Gasteiger partial charge is 0.219 e. The molecule has 1 aliphatic heterocycles. The molecule has 1 fully saturated rings. The number of carbonyl (C=O) groups is 1. The number of aliphatic imine (C=N–C) groups is 1. The first-order valence-corrected chi connectivity index (χ1v) is 8.86. The number of guanidine groups is 1. The SMILES string of the molecule is CCNC(=NCc1ccccn1)NCCC1CCN(C(C)=O)CC1. The molecule has 6 heteroatoms. The summed E-state index contributed by atoms with van der Waals surface area (Å²) in [5.41, 5.74) is 0.964. The van der Waals surface area contributed by atoms with Crippen molar-refractivity contribution in [2.45, 2.75) is 39.7 Å². The molecule has 1 saturated heterocycles. The molecule has 132 valence electrons. The van der Waals surface area contributed by atoms with Crippen LogP contribution in [0.2, 0.25) is 0 Å². The number of hydrogen-bond acceptors (Lipinski definition) is 3. The summed E-state index contributed by atoms with van der Waals surface area (Å²) in [6.45, 7) is 7.83. The van der Waals surface area contributed by atoms with Gasteiger partial charge in [0.25, 0.3) is 0 Å². The first kappa shape index (κ1) is 18.2. The Morgan fingerprint density at radius 2 is 2.12 bits per heavy atom. The second-order valence-electron chi connectivity index (χ2n) is 6.18. The minimum absolute atomic E-state index is 0.197. The van der Waals surface area contributed by atoms with E-state index in [1.165, 1.54) is 0 Å². The highest BCUT2D eigenvalue weighted by molar-refractivity contribution is 5.79. The Balaban J connectivity index is 1.72. The largest absolute Gasteiger partial charge is 0.357 e. The second-order valence-corrected chi connectivity index (χ2v) is 6.18. The van der Waals surface area contributed by atoms with Crippen LogP contribution in [0.1, 0.15) is 38.8 Å². The summed E-state index contributed by atoms with van der Waals surface area (Å²) < 4.78 is 0. The van der Waals surface area contributed by atoms with Crippen molar-refractivity contribution in [3.8, 4) is 0 Å². The van der Waals surface area contributed by atoms with Crippen molar-refractivity contribution in [3.63, 3.8) is 0 Å². The fraction of sp³-hybridized carbons (Fsp3) is 0.611. The average molecular weight is 331 g/mol. The molecule has 2 rings (SSSR count). The van der Waals surface area contributed by atoms with Crippen LogP contribution in [0.15, 0.2) is 29.4 Å². The number of hydrogen-bond donors (Lipinski definition) is 2. The van der Waals surface area contributed by atoms with E-state index >= 15 is 0 Å². The molecule has 1 aromatic rings. The van der Waals surface area contributed by atoms with Crippen molar-refractivity contribution in [1.29, 1.82) is 0 Å². The molecule has 0 saturated carbocycles. The van der Waals surface area contributed by atoms with Crippen LogP contribution in [0.25, 0.3) is 0 Å². The third kappa shape index (κ3) is 6.18. The zero-order valence-corrected chi connectivity index (χ0v) is 14.8.